The van der Waals surface area contributed by atoms with E-state index in [-0.39, 0.29) is 17.5 Å². The molecule has 5 nitrogen and oxygen atoms in total. The van der Waals surface area contributed by atoms with Crippen molar-refractivity contribution in [3.05, 3.63) is 58.8 Å². The molecule has 0 atom stereocenters. The van der Waals surface area contributed by atoms with Crippen molar-refractivity contribution < 1.29 is 23.8 Å². The maximum absolute atomic E-state index is 12.8. The van der Waals surface area contributed by atoms with Crippen LogP contribution in [-0.2, 0) is 4.79 Å². The van der Waals surface area contributed by atoms with E-state index in [2.05, 4.69) is 0 Å². The number of hydrogen-bond acceptors (Lipinski definition) is 5. The summed E-state index contributed by atoms with van der Waals surface area (Å²) in [7, 11) is 0. The van der Waals surface area contributed by atoms with Crippen LogP contribution in [0.2, 0.25) is 0 Å². The van der Waals surface area contributed by atoms with Gasteiger partial charge in [0.15, 0.2) is 5.76 Å². The zero-order chi connectivity index (χ0) is 20.5. The normalized spacial score (nSPS) is 14.6. The van der Waals surface area contributed by atoms with Gasteiger partial charge in [-0.3, -0.25) is 9.59 Å². The van der Waals surface area contributed by atoms with Gasteiger partial charge in [0, 0.05) is 11.1 Å². The number of hydrogen-bond donors (Lipinski definition) is 0. The monoisotopic (exact) mass is 380 g/mol. The quantitative estimate of drug-likeness (QED) is 0.426. The summed E-state index contributed by atoms with van der Waals surface area (Å²) in [5.74, 6) is 1.15. The molecule has 0 aromatic heterocycles. The first-order valence-electron chi connectivity index (χ1n) is 9.24. The molecule has 0 saturated carbocycles. The Morgan fingerprint density at radius 2 is 1.82 bits per heavy atom. The van der Waals surface area contributed by atoms with E-state index in [1.165, 1.54) is 0 Å². The number of Topliss-reactive ketones (excluding diaryl/α,β-unsaturated/α-hetero) is 1. The highest BCUT2D eigenvalue weighted by atomic mass is 16.5. The lowest BCUT2D eigenvalue weighted by Crippen LogP contribution is -2.25. The molecule has 0 radical (unpaired) electrons. The fraction of sp³-hybridized carbons (Fsp3) is 0.304. The molecule has 1 aliphatic heterocycles. The summed E-state index contributed by atoms with van der Waals surface area (Å²) in [6.07, 6.45) is 1.67. The zero-order valence-corrected chi connectivity index (χ0v) is 16.8. The van der Waals surface area contributed by atoms with Gasteiger partial charge >= 0.3 is 5.97 Å². The van der Waals surface area contributed by atoms with Crippen LogP contribution in [-0.4, -0.2) is 18.4 Å². The lowest BCUT2D eigenvalue weighted by molar-refractivity contribution is -0.143. The summed E-state index contributed by atoms with van der Waals surface area (Å²) in [5.41, 5.74) is 1.20. The second-order valence-corrected chi connectivity index (χ2v) is 7.62. The summed E-state index contributed by atoms with van der Waals surface area (Å²) in [4.78, 5) is 25.0. The van der Waals surface area contributed by atoms with Crippen molar-refractivity contribution in [1.29, 1.82) is 0 Å². The largest absolute Gasteiger partial charge is 0.493 e. The van der Waals surface area contributed by atoms with Crippen molar-refractivity contribution in [2.75, 3.05) is 6.61 Å². The maximum Gasteiger partial charge on any atom is 0.316 e. The second-order valence-electron chi connectivity index (χ2n) is 7.62. The van der Waals surface area contributed by atoms with E-state index in [0.29, 0.717) is 35.0 Å². The molecule has 5 heteroatoms. The number of ether oxygens (including phenoxy) is 3. The van der Waals surface area contributed by atoms with Crippen LogP contribution in [0.3, 0.4) is 0 Å². The minimum absolute atomic E-state index is 0.210. The molecule has 1 aliphatic rings. The van der Waals surface area contributed by atoms with Gasteiger partial charge in [-0.05, 0) is 58.9 Å². The molecule has 0 N–H and O–H groups in total. The molecule has 2 aromatic rings. The van der Waals surface area contributed by atoms with Crippen molar-refractivity contribution in [1.82, 2.24) is 0 Å². The molecule has 0 fully saturated rings. The first-order chi connectivity index (χ1) is 13.2. The minimum atomic E-state index is -0.629. The topological polar surface area (TPSA) is 61.8 Å². The van der Waals surface area contributed by atoms with Gasteiger partial charge in [0.2, 0.25) is 5.78 Å². The van der Waals surface area contributed by atoms with Crippen LogP contribution in [0.1, 0.15) is 49.2 Å². The van der Waals surface area contributed by atoms with Gasteiger partial charge in [-0.1, -0.05) is 18.2 Å². The maximum atomic E-state index is 12.8. The predicted octanol–water partition coefficient (Wildman–Crippen LogP) is 4.96. The molecule has 2 aromatic carbocycles. The van der Waals surface area contributed by atoms with Crippen LogP contribution in [0, 0.1) is 12.3 Å². The van der Waals surface area contributed by atoms with Crippen LogP contribution < -0.4 is 14.2 Å². The first-order valence-corrected chi connectivity index (χ1v) is 9.24. The van der Waals surface area contributed by atoms with E-state index >= 15 is 0 Å². The Hall–Kier alpha value is -3.08. The molecular weight excluding hydrogens is 356 g/mol. The number of rotatable bonds is 4. The van der Waals surface area contributed by atoms with Gasteiger partial charge in [0.25, 0.3) is 0 Å². The molecule has 0 bridgehead atoms. The van der Waals surface area contributed by atoms with E-state index in [1.807, 2.05) is 31.2 Å². The standard InChI is InChI=1S/C23H24O5/c1-6-26-18-10-8-7-9-15(18)13-19-20(24)16-11-12-17(14(2)21(16)27-19)28-22(25)23(3,4)5/h7-13H,6H2,1-5H3/b19-13-. The van der Waals surface area contributed by atoms with Crippen LogP contribution in [0.5, 0.6) is 17.2 Å². The van der Waals surface area contributed by atoms with Gasteiger partial charge in [-0.2, -0.15) is 0 Å². The second kappa shape index (κ2) is 7.50. The smallest absolute Gasteiger partial charge is 0.316 e. The average Bonchev–Trinajstić information content (AvgIpc) is 2.95. The molecule has 0 aliphatic carbocycles. The van der Waals surface area contributed by atoms with E-state index in [4.69, 9.17) is 14.2 Å². The van der Waals surface area contributed by atoms with Crippen LogP contribution >= 0.6 is 0 Å². The predicted molar refractivity (Wildman–Crippen MR) is 107 cm³/mol. The number of carbonyl (C=O) groups excluding carboxylic acids is 2. The number of allylic oxidation sites excluding steroid dienone is 1. The Morgan fingerprint density at radius 3 is 2.50 bits per heavy atom. The average molecular weight is 380 g/mol. The summed E-state index contributed by atoms with van der Waals surface area (Å²) in [6.45, 7) is 9.56. The Balaban J connectivity index is 1.93. The van der Waals surface area contributed by atoms with Gasteiger partial charge in [0.05, 0.1) is 17.6 Å². The minimum Gasteiger partial charge on any atom is -0.493 e. The lowest BCUT2D eigenvalue weighted by atomic mass is 9.97. The Morgan fingerprint density at radius 1 is 1.11 bits per heavy atom. The summed E-state index contributed by atoms with van der Waals surface area (Å²) in [6, 6.07) is 10.7. The fourth-order valence-corrected chi connectivity index (χ4v) is 2.76. The molecule has 0 amide bonds. The summed E-state index contributed by atoms with van der Waals surface area (Å²) in [5, 5.41) is 0. The van der Waals surface area contributed by atoms with E-state index < -0.39 is 5.41 Å². The number of esters is 1. The van der Waals surface area contributed by atoms with Crippen LogP contribution in [0.4, 0.5) is 0 Å². The number of carbonyl (C=O) groups is 2. The van der Waals surface area contributed by atoms with E-state index in [9.17, 15) is 9.59 Å². The third kappa shape index (κ3) is 3.79. The SMILES string of the molecule is CCOc1ccccc1/C=C1\Oc2c(ccc(OC(=O)C(C)(C)C)c2C)C1=O. The highest BCUT2D eigenvalue weighted by Crippen LogP contribution is 2.40. The molecule has 0 saturated heterocycles. The molecule has 0 unspecified atom stereocenters. The summed E-state index contributed by atoms with van der Waals surface area (Å²) < 4.78 is 17.0. The van der Waals surface area contributed by atoms with Crippen molar-refractivity contribution >= 4 is 17.8 Å². The molecular formula is C23H24O5. The third-order valence-corrected chi connectivity index (χ3v) is 4.36. The molecule has 28 heavy (non-hydrogen) atoms. The molecule has 1 heterocycles. The van der Waals surface area contributed by atoms with Gasteiger partial charge in [-0.25, -0.2) is 0 Å². The molecule has 0 spiro atoms. The molecule has 146 valence electrons. The lowest BCUT2D eigenvalue weighted by Gasteiger charge is -2.17. The van der Waals surface area contributed by atoms with Crippen molar-refractivity contribution in [2.45, 2.75) is 34.6 Å². The fourth-order valence-electron chi connectivity index (χ4n) is 2.76. The summed E-state index contributed by atoms with van der Waals surface area (Å²) >= 11 is 0. The highest BCUT2D eigenvalue weighted by molar-refractivity contribution is 6.15. The molecule has 3 rings (SSSR count). The number of fused-ring (bicyclic) bond motifs is 1. The number of benzene rings is 2. The van der Waals surface area contributed by atoms with Crippen molar-refractivity contribution in [3.63, 3.8) is 0 Å². The van der Waals surface area contributed by atoms with E-state index in [0.717, 1.165) is 5.56 Å². The van der Waals surface area contributed by atoms with Gasteiger partial charge in [-0.15, -0.1) is 0 Å². The first kappa shape index (κ1) is 19.7. The Labute approximate surface area is 164 Å². The van der Waals surface area contributed by atoms with Gasteiger partial charge < -0.3 is 14.2 Å². The number of ketones is 1. The van der Waals surface area contributed by atoms with Gasteiger partial charge in [0.1, 0.15) is 17.2 Å². The van der Waals surface area contributed by atoms with Crippen LogP contribution in [0.25, 0.3) is 6.08 Å². The van der Waals surface area contributed by atoms with Crippen LogP contribution in [0.15, 0.2) is 42.2 Å². The Kier molecular flexibility index (Phi) is 5.27. The van der Waals surface area contributed by atoms with Crippen molar-refractivity contribution in [2.24, 2.45) is 5.41 Å². The number of para-hydroxylation sites is 1. The Bertz CT molecular complexity index is 963. The third-order valence-electron chi connectivity index (χ3n) is 4.36. The zero-order valence-electron chi connectivity index (χ0n) is 16.8. The van der Waals surface area contributed by atoms with E-state index in [1.54, 1.807) is 45.9 Å². The highest BCUT2D eigenvalue weighted by Gasteiger charge is 2.32. The van der Waals surface area contributed by atoms with Crippen molar-refractivity contribution in [3.8, 4) is 17.2 Å².